The molecule has 2 aromatic carbocycles. The number of likely N-dealkylation sites (tertiary alicyclic amines) is 1. The smallest absolute Gasteiger partial charge is 0.317 e. The molecule has 1 aliphatic heterocycles. The Morgan fingerprint density at radius 1 is 1.07 bits per heavy atom. The molecule has 0 aromatic heterocycles. The van der Waals surface area contributed by atoms with Crippen molar-refractivity contribution in [1.82, 2.24) is 9.80 Å². The number of aliphatic carboxylic acids is 1. The number of halogens is 1. The molecule has 30 heavy (non-hydrogen) atoms. The number of nitrogens with one attached hydrogen (secondary N) is 1. The van der Waals surface area contributed by atoms with E-state index in [2.05, 4.69) is 10.2 Å². The number of amides is 1. The van der Waals surface area contributed by atoms with Gasteiger partial charge in [0.05, 0.1) is 6.54 Å². The number of carboxylic acid groups (broad SMARTS) is 1. The van der Waals surface area contributed by atoms with E-state index in [0.717, 1.165) is 43.6 Å². The molecule has 0 spiro atoms. The van der Waals surface area contributed by atoms with Crippen molar-refractivity contribution in [1.29, 1.82) is 0 Å². The van der Waals surface area contributed by atoms with E-state index in [-0.39, 0.29) is 36.9 Å². The van der Waals surface area contributed by atoms with Gasteiger partial charge in [-0.1, -0.05) is 48.5 Å². The van der Waals surface area contributed by atoms with E-state index in [9.17, 15) is 9.59 Å². The molecule has 2 N–H and O–H groups in total. The lowest BCUT2D eigenvalue weighted by atomic mass is 10.0. The summed E-state index contributed by atoms with van der Waals surface area (Å²) < 4.78 is 0. The molecule has 0 bridgehead atoms. The van der Waals surface area contributed by atoms with Gasteiger partial charge in [-0.2, -0.15) is 0 Å². The first kappa shape index (κ1) is 23.9. The van der Waals surface area contributed by atoms with Crippen LogP contribution in [0.1, 0.15) is 30.9 Å². The molecule has 2 unspecified atom stereocenters. The van der Waals surface area contributed by atoms with E-state index in [0.29, 0.717) is 0 Å². The molecule has 1 heterocycles. The predicted molar refractivity (Wildman–Crippen MR) is 121 cm³/mol. The van der Waals surface area contributed by atoms with Crippen molar-refractivity contribution in [2.45, 2.75) is 31.3 Å². The molecule has 0 saturated carbocycles. The normalized spacial score (nSPS) is 18.1. The zero-order valence-electron chi connectivity index (χ0n) is 17.2. The van der Waals surface area contributed by atoms with Gasteiger partial charge in [0, 0.05) is 18.3 Å². The Balaban J connectivity index is 0.00000320. The second-order valence-electron chi connectivity index (χ2n) is 7.60. The summed E-state index contributed by atoms with van der Waals surface area (Å²) in [6, 6.07) is 19.2. The maximum absolute atomic E-state index is 13.2. The fourth-order valence-electron chi connectivity index (χ4n) is 4.04. The predicted octanol–water partition coefficient (Wildman–Crippen LogP) is 3.66. The molecular weight excluding hydrogens is 402 g/mol. The maximum Gasteiger partial charge on any atom is 0.317 e. The minimum absolute atomic E-state index is 0. The molecule has 7 heteroatoms. The van der Waals surface area contributed by atoms with E-state index in [4.69, 9.17) is 5.11 Å². The zero-order chi connectivity index (χ0) is 20.6. The first-order valence-corrected chi connectivity index (χ1v) is 10.1. The SMILES string of the molecule is CN(CC(=O)O)C1CCCN(C(C(=O)Nc2ccccc2)c2ccccc2)CC1.Cl. The third-order valence-corrected chi connectivity index (χ3v) is 5.51. The standard InChI is InChI=1S/C23H29N3O3.ClH/c1-25(17-21(27)28)20-13-8-15-26(16-14-20)22(18-9-4-2-5-10-18)23(29)24-19-11-6-3-7-12-19;/h2-7,9-12,20,22H,8,13-17H2,1H3,(H,24,29)(H,27,28);1H. The number of carboxylic acids is 1. The molecule has 162 valence electrons. The van der Waals surface area contributed by atoms with Crippen LogP contribution in [0.2, 0.25) is 0 Å². The minimum Gasteiger partial charge on any atom is -0.480 e. The highest BCUT2D eigenvalue weighted by Crippen LogP contribution is 2.27. The number of para-hydroxylation sites is 1. The van der Waals surface area contributed by atoms with Gasteiger partial charge in [0.1, 0.15) is 6.04 Å². The number of hydrogen-bond donors (Lipinski definition) is 2. The summed E-state index contributed by atoms with van der Waals surface area (Å²) in [6.07, 6.45) is 2.70. The van der Waals surface area contributed by atoms with Crippen molar-refractivity contribution < 1.29 is 14.7 Å². The highest BCUT2D eigenvalue weighted by atomic mass is 35.5. The largest absolute Gasteiger partial charge is 0.480 e. The summed E-state index contributed by atoms with van der Waals surface area (Å²) in [5.41, 5.74) is 1.76. The second-order valence-corrected chi connectivity index (χ2v) is 7.60. The molecule has 2 aromatic rings. The van der Waals surface area contributed by atoms with Crippen LogP contribution in [-0.2, 0) is 9.59 Å². The lowest BCUT2D eigenvalue weighted by molar-refractivity contribution is -0.138. The molecule has 1 fully saturated rings. The fourth-order valence-corrected chi connectivity index (χ4v) is 4.04. The average Bonchev–Trinajstić information content (AvgIpc) is 2.95. The highest BCUT2D eigenvalue weighted by Gasteiger charge is 2.30. The van der Waals surface area contributed by atoms with Crippen molar-refractivity contribution in [3.05, 3.63) is 66.2 Å². The third kappa shape index (κ3) is 6.55. The first-order chi connectivity index (χ1) is 14.0. The van der Waals surface area contributed by atoms with Crippen LogP contribution in [0.5, 0.6) is 0 Å². The van der Waals surface area contributed by atoms with Crippen LogP contribution in [0.15, 0.2) is 60.7 Å². The number of carbonyl (C=O) groups is 2. The van der Waals surface area contributed by atoms with Gasteiger partial charge in [-0.15, -0.1) is 12.4 Å². The molecule has 1 saturated heterocycles. The third-order valence-electron chi connectivity index (χ3n) is 5.51. The lowest BCUT2D eigenvalue weighted by Crippen LogP contribution is -2.39. The van der Waals surface area contributed by atoms with Crippen LogP contribution >= 0.6 is 12.4 Å². The Labute approximate surface area is 184 Å². The van der Waals surface area contributed by atoms with Crippen LogP contribution in [0.25, 0.3) is 0 Å². The first-order valence-electron chi connectivity index (χ1n) is 10.1. The molecule has 0 aliphatic carbocycles. The van der Waals surface area contributed by atoms with Gasteiger partial charge in [-0.3, -0.25) is 19.4 Å². The molecule has 6 nitrogen and oxygen atoms in total. The number of likely N-dealkylation sites (N-methyl/N-ethyl adjacent to an activating group) is 1. The average molecular weight is 432 g/mol. The van der Waals surface area contributed by atoms with E-state index < -0.39 is 5.97 Å². The van der Waals surface area contributed by atoms with Crippen LogP contribution in [-0.4, -0.2) is 59.5 Å². The van der Waals surface area contributed by atoms with Crippen molar-refractivity contribution in [2.24, 2.45) is 0 Å². The summed E-state index contributed by atoms with van der Waals surface area (Å²) in [7, 11) is 1.87. The Morgan fingerprint density at radius 2 is 1.70 bits per heavy atom. The number of anilines is 1. The van der Waals surface area contributed by atoms with E-state index in [1.165, 1.54) is 0 Å². The Kier molecular flexibility index (Phi) is 9.30. The van der Waals surface area contributed by atoms with Crippen LogP contribution < -0.4 is 5.32 Å². The van der Waals surface area contributed by atoms with Gasteiger partial charge < -0.3 is 10.4 Å². The van der Waals surface area contributed by atoms with Crippen molar-refractivity contribution in [3.63, 3.8) is 0 Å². The van der Waals surface area contributed by atoms with Crippen LogP contribution in [0.4, 0.5) is 5.69 Å². The molecule has 3 rings (SSSR count). The summed E-state index contributed by atoms with van der Waals surface area (Å²) in [5.74, 6) is -0.849. The summed E-state index contributed by atoms with van der Waals surface area (Å²) in [4.78, 5) is 28.4. The molecular formula is C23H30ClN3O3. The summed E-state index contributed by atoms with van der Waals surface area (Å²) in [6.45, 7) is 1.59. The number of nitrogens with zero attached hydrogens (tertiary/aromatic N) is 2. The Hall–Kier alpha value is -2.41. The van der Waals surface area contributed by atoms with E-state index in [1.807, 2.05) is 72.6 Å². The Morgan fingerprint density at radius 3 is 2.33 bits per heavy atom. The van der Waals surface area contributed by atoms with Gasteiger partial charge in [0.2, 0.25) is 5.91 Å². The van der Waals surface area contributed by atoms with E-state index >= 15 is 0 Å². The minimum atomic E-state index is -0.807. The van der Waals surface area contributed by atoms with E-state index in [1.54, 1.807) is 0 Å². The number of benzene rings is 2. The van der Waals surface area contributed by atoms with Crippen molar-refractivity contribution in [2.75, 3.05) is 32.0 Å². The van der Waals surface area contributed by atoms with Crippen molar-refractivity contribution >= 4 is 30.0 Å². The Bertz CT molecular complexity index is 804. The number of rotatable bonds is 7. The van der Waals surface area contributed by atoms with Gasteiger partial charge in [-0.25, -0.2) is 0 Å². The van der Waals surface area contributed by atoms with Gasteiger partial charge in [-0.05, 0) is 50.6 Å². The maximum atomic E-state index is 13.2. The van der Waals surface area contributed by atoms with Gasteiger partial charge >= 0.3 is 5.97 Å². The topological polar surface area (TPSA) is 72.9 Å². The molecule has 0 radical (unpaired) electrons. The second kappa shape index (κ2) is 11.7. The highest BCUT2D eigenvalue weighted by molar-refractivity contribution is 5.95. The fraction of sp³-hybridized carbons (Fsp3) is 0.391. The van der Waals surface area contributed by atoms with Crippen LogP contribution in [0.3, 0.4) is 0 Å². The zero-order valence-corrected chi connectivity index (χ0v) is 18.1. The molecule has 2 atom stereocenters. The molecule has 1 amide bonds. The van der Waals surface area contributed by atoms with Crippen LogP contribution in [0, 0.1) is 0 Å². The van der Waals surface area contributed by atoms with Gasteiger partial charge in [0.25, 0.3) is 0 Å². The quantitative estimate of drug-likeness (QED) is 0.699. The monoisotopic (exact) mass is 431 g/mol. The summed E-state index contributed by atoms with van der Waals surface area (Å²) in [5, 5.41) is 12.1. The number of carbonyl (C=O) groups excluding carboxylic acids is 1. The lowest BCUT2D eigenvalue weighted by Gasteiger charge is -2.30. The number of hydrogen-bond acceptors (Lipinski definition) is 4. The molecule has 1 aliphatic rings. The van der Waals surface area contributed by atoms with Crippen molar-refractivity contribution in [3.8, 4) is 0 Å². The summed E-state index contributed by atoms with van der Waals surface area (Å²) >= 11 is 0. The van der Waals surface area contributed by atoms with Gasteiger partial charge in [0.15, 0.2) is 0 Å².